The number of ether oxygens (including phenoxy) is 2. The Hall–Kier alpha value is -1.92. The lowest BCUT2D eigenvalue weighted by molar-refractivity contribution is -0.386. The summed E-state index contributed by atoms with van der Waals surface area (Å²) in [7, 11) is 0. The van der Waals surface area contributed by atoms with E-state index in [9.17, 15) is 20.2 Å². The Morgan fingerprint density at radius 2 is 1.55 bits per heavy atom. The van der Waals surface area contributed by atoms with Crippen molar-refractivity contribution in [1.82, 2.24) is 0 Å². The van der Waals surface area contributed by atoms with E-state index in [-0.39, 0.29) is 29.2 Å². The molecule has 2 aromatic rings. The average Bonchev–Trinajstić information content (AvgIpc) is 2.78. The molecule has 0 aliphatic carbocycles. The van der Waals surface area contributed by atoms with Gasteiger partial charge in [-0.2, -0.15) is 0 Å². The van der Waals surface area contributed by atoms with E-state index in [0.29, 0.717) is 34.0 Å². The summed E-state index contributed by atoms with van der Waals surface area (Å²) in [6.07, 6.45) is 4.76. The van der Waals surface area contributed by atoms with Crippen LogP contribution in [0.4, 0.5) is 11.4 Å². The first-order valence-corrected chi connectivity index (χ1v) is 12.1. The summed E-state index contributed by atoms with van der Waals surface area (Å²) in [5.41, 5.74) is 1.47. The number of aryl methyl sites for hydroxylation is 1. The highest BCUT2D eigenvalue weighted by Crippen LogP contribution is 2.30. The van der Waals surface area contributed by atoms with Crippen LogP contribution in [-0.4, -0.2) is 41.1 Å². The number of halogens is 2. The highest BCUT2D eigenvalue weighted by molar-refractivity contribution is 9.11. The molecular weight excluding hydrogens is 564 g/mol. The van der Waals surface area contributed by atoms with Crippen LogP contribution in [0, 0.1) is 20.2 Å². The van der Waals surface area contributed by atoms with E-state index in [4.69, 9.17) is 14.6 Å². The molecule has 1 aliphatic heterocycles. The van der Waals surface area contributed by atoms with Crippen LogP contribution in [0.25, 0.3) is 0 Å². The van der Waals surface area contributed by atoms with Gasteiger partial charge in [0.1, 0.15) is 0 Å². The summed E-state index contributed by atoms with van der Waals surface area (Å²) in [4.78, 5) is 20.9. The molecule has 1 heterocycles. The average molecular weight is 590 g/mol. The van der Waals surface area contributed by atoms with Crippen LogP contribution in [0.3, 0.4) is 0 Å². The third-order valence-corrected chi connectivity index (χ3v) is 6.20. The summed E-state index contributed by atoms with van der Waals surface area (Å²) >= 11 is 6.32. The molecule has 0 aromatic heterocycles. The minimum atomic E-state index is -0.449. The first kappa shape index (κ1) is 27.3. The smallest absolute Gasteiger partial charge is 0.286 e. The molecule has 0 saturated carbocycles. The van der Waals surface area contributed by atoms with Crippen molar-refractivity contribution >= 4 is 43.2 Å². The number of benzene rings is 2. The van der Waals surface area contributed by atoms with Crippen molar-refractivity contribution < 1.29 is 24.4 Å². The molecule has 0 radical (unpaired) electrons. The molecule has 0 amide bonds. The molecule has 1 unspecified atom stereocenters. The minimum absolute atomic E-state index is 0.0385. The molecule has 1 atom stereocenters. The third-order valence-electron chi connectivity index (χ3n) is 4.92. The lowest BCUT2D eigenvalue weighted by Gasteiger charge is -2.22. The van der Waals surface area contributed by atoms with E-state index in [1.54, 1.807) is 30.3 Å². The minimum Gasteiger partial charge on any atom is -0.396 e. The monoisotopic (exact) mass is 588 g/mol. The standard InChI is InChI=1S/C14H18BrNO4.C8H8BrNO3/c15-12-7-3-5-11(14(12)16(17)18)6-4-10-20-13-8-1-2-9-19-13;9-7-3-1-2-6(4-5-11)8(7)10(12)13/h3,5,7,13H,1-2,4,6,8-10H2;1-3,11H,4-5H2. The van der Waals surface area contributed by atoms with Crippen molar-refractivity contribution in [1.29, 1.82) is 0 Å². The fraction of sp³-hybridized carbons (Fsp3) is 0.455. The van der Waals surface area contributed by atoms with Crippen LogP contribution in [0.5, 0.6) is 0 Å². The lowest BCUT2D eigenvalue weighted by Crippen LogP contribution is -2.22. The number of para-hydroxylation sites is 2. The zero-order valence-electron chi connectivity index (χ0n) is 18.0. The number of aliphatic hydroxyl groups is 1. The maximum atomic E-state index is 11.0. The second-order valence-corrected chi connectivity index (χ2v) is 8.96. The molecule has 180 valence electrons. The molecule has 9 nitrogen and oxygen atoms in total. The zero-order chi connectivity index (χ0) is 24.2. The van der Waals surface area contributed by atoms with Crippen molar-refractivity contribution in [3.63, 3.8) is 0 Å². The van der Waals surface area contributed by atoms with Gasteiger partial charge in [-0.25, -0.2) is 0 Å². The molecular formula is C22H26Br2N2O7. The van der Waals surface area contributed by atoms with Crippen molar-refractivity contribution in [2.24, 2.45) is 0 Å². The van der Waals surface area contributed by atoms with Gasteiger partial charge in [0.2, 0.25) is 0 Å². The summed E-state index contributed by atoms with van der Waals surface area (Å²) in [5, 5.41) is 30.3. The zero-order valence-corrected chi connectivity index (χ0v) is 21.1. The second kappa shape index (κ2) is 14.4. The number of nitrogens with zero attached hydrogens (tertiary/aromatic N) is 2. The Morgan fingerprint density at radius 3 is 2.03 bits per heavy atom. The maximum absolute atomic E-state index is 11.0. The van der Waals surface area contributed by atoms with E-state index < -0.39 is 4.92 Å². The van der Waals surface area contributed by atoms with E-state index in [0.717, 1.165) is 37.9 Å². The van der Waals surface area contributed by atoms with Gasteiger partial charge in [0.15, 0.2) is 6.29 Å². The first-order chi connectivity index (χ1) is 15.8. The van der Waals surface area contributed by atoms with Crippen LogP contribution in [-0.2, 0) is 22.3 Å². The van der Waals surface area contributed by atoms with Crippen molar-refractivity contribution in [3.05, 3.63) is 76.7 Å². The SMILES string of the molecule is O=[N+]([O-])c1c(Br)cccc1CCCOC1CCCCO1.O=[N+]([O-])c1c(Br)cccc1CCO. The van der Waals surface area contributed by atoms with Crippen molar-refractivity contribution in [3.8, 4) is 0 Å². The topological polar surface area (TPSA) is 125 Å². The number of hydrogen-bond donors (Lipinski definition) is 1. The van der Waals surface area contributed by atoms with Crippen LogP contribution < -0.4 is 0 Å². The normalized spacial score (nSPS) is 15.4. The molecule has 1 saturated heterocycles. The molecule has 0 bridgehead atoms. The quantitative estimate of drug-likeness (QED) is 0.225. The maximum Gasteiger partial charge on any atom is 0.286 e. The van der Waals surface area contributed by atoms with Gasteiger partial charge in [0.05, 0.1) is 25.4 Å². The second-order valence-electron chi connectivity index (χ2n) is 7.25. The van der Waals surface area contributed by atoms with Gasteiger partial charge < -0.3 is 14.6 Å². The van der Waals surface area contributed by atoms with Crippen molar-refractivity contribution in [2.45, 2.75) is 44.8 Å². The predicted octanol–water partition coefficient (Wildman–Crippen LogP) is 5.73. The molecule has 11 heteroatoms. The fourth-order valence-electron chi connectivity index (χ4n) is 3.37. The van der Waals surface area contributed by atoms with E-state index >= 15 is 0 Å². The molecule has 0 spiro atoms. The van der Waals surface area contributed by atoms with Gasteiger partial charge in [-0.15, -0.1) is 0 Å². The third kappa shape index (κ3) is 8.74. The summed E-state index contributed by atoms with van der Waals surface area (Å²) in [5.74, 6) is 0. The van der Waals surface area contributed by atoms with E-state index in [2.05, 4.69) is 31.9 Å². The Balaban J connectivity index is 0.000000257. The molecule has 1 aliphatic rings. The van der Waals surface area contributed by atoms with Gasteiger partial charge in [-0.3, -0.25) is 20.2 Å². The molecule has 33 heavy (non-hydrogen) atoms. The fourth-order valence-corrected chi connectivity index (χ4v) is 4.48. The number of nitro benzene ring substituents is 2. The Kier molecular flexibility index (Phi) is 11.9. The highest BCUT2D eigenvalue weighted by atomic mass is 79.9. The van der Waals surface area contributed by atoms with Gasteiger partial charge in [-0.05, 0) is 76.1 Å². The van der Waals surface area contributed by atoms with Gasteiger partial charge in [0.25, 0.3) is 11.4 Å². The summed E-state index contributed by atoms with van der Waals surface area (Å²) in [6.45, 7) is 1.24. The Morgan fingerprint density at radius 1 is 0.970 bits per heavy atom. The Bertz CT molecular complexity index is 937. The van der Waals surface area contributed by atoms with Crippen molar-refractivity contribution in [2.75, 3.05) is 19.8 Å². The first-order valence-electron chi connectivity index (χ1n) is 10.5. The van der Waals surface area contributed by atoms with E-state index in [1.165, 1.54) is 0 Å². The molecule has 2 aromatic carbocycles. The highest BCUT2D eigenvalue weighted by Gasteiger charge is 2.18. The van der Waals surface area contributed by atoms with Crippen LogP contribution in [0.15, 0.2) is 45.3 Å². The van der Waals surface area contributed by atoms with E-state index in [1.807, 2.05) is 6.07 Å². The van der Waals surface area contributed by atoms with Crippen LogP contribution in [0.1, 0.15) is 36.8 Å². The van der Waals surface area contributed by atoms with Crippen LogP contribution in [0.2, 0.25) is 0 Å². The summed E-state index contributed by atoms with van der Waals surface area (Å²) in [6, 6.07) is 10.3. The number of nitro groups is 2. The number of aliphatic hydroxyl groups excluding tert-OH is 1. The lowest BCUT2D eigenvalue weighted by atomic mass is 10.1. The van der Waals surface area contributed by atoms with Gasteiger partial charge in [-0.1, -0.05) is 24.3 Å². The molecule has 1 fully saturated rings. The number of hydrogen-bond acceptors (Lipinski definition) is 7. The summed E-state index contributed by atoms with van der Waals surface area (Å²) < 4.78 is 12.1. The predicted molar refractivity (Wildman–Crippen MR) is 130 cm³/mol. The Labute approximate surface area is 208 Å². The number of rotatable bonds is 9. The van der Waals surface area contributed by atoms with Crippen LogP contribution >= 0.6 is 31.9 Å². The van der Waals surface area contributed by atoms with Gasteiger partial charge >= 0.3 is 0 Å². The largest absolute Gasteiger partial charge is 0.396 e. The molecule has 3 rings (SSSR count). The van der Waals surface area contributed by atoms with Gasteiger partial charge in [0, 0.05) is 30.8 Å². The molecule has 1 N–H and O–H groups in total.